The summed E-state index contributed by atoms with van der Waals surface area (Å²) in [6.07, 6.45) is 4.73. The van der Waals surface area contributed by atoms with E-state index in [4.69, 9.17) is 4.74 Å². The first-order valence-electron chi connectivity index (χ1n) is 10.5. The minimum Gasteiger partial charge on any atom is -0.384 e. The molecule has 0 aliphatic carbocycles. The van der Waals surface area contributed by atoms with Gasteiger partial charge in [-0.3, -0.25) is 9.69 Å². The molecule has 2 fully saturated rings. The Morgan fingerprint density at radius 2 is 1.74 bits per heavy atom. The van der Waals surface area contributed by atoms with E-state index in [0.29, 0.717) is 12.0 Å². The molecule has 3 rings (SSSR count). The minimum absolute atomic E-state index is 0.120. The zero-order valence-electron chi connectivity index (χ0n) is 17.5. The van der Waals surface area contributed by atoms with Gasteiger partial charge in [-0.15, -0.1) is 0 Å². The topological polar surface area (TPSA) is 32.8 Å². The van der Waals surface area contributed by atoms with Gasteiger partial charge in [0.1, 0.15) is 0 Å². The smallest absolute Gasteiger partial charge is 0.253 e. The van der Waals surface area contributed by atoms with E-state index in [1.807, 2.05) is 17.0 Å². The van der Waals surface area contributed by atoms with Crippen molar-refractivity contribution in [2.75, 3.05) is 39.9 Å². The summed E-state index contributed by atoms with van der Waals surface area (Å²) in [7, 11) is 1.80. The van der Waals surface area contributed by atoms with E-state index in [1.54, 1.807) is 7.11 Å². The maximum atomic E-state index is 12.9. The van der Waals surface area contributed by atoms with E-state index in [9.17, 15) is 4.79 Å². The fraction of sp³-hybridized carbons (Fsp3) is 0.696. The lowest BCUT2D eigenvalue weighted by Crippen LogP contribution is -2.50. The van der Waals surface area contributed by atoms with E-state index in [2.05, 4.69) is 37.8 Å². The number of rotatable bonds is 4. The summed E-state index contributed by atoms with van der Waals surface area (Å²) >= 11 is 0. The summed E-state index contributed by atoms with van der Waals surface area (Å²) in [5.41, 5.74) is 2.21. The molecule has 2 saturated heterocycles. The van der Waals surface area contributed by atoms with Gasteiger partial charge in [-0.1, -0.05) is 32.9 Å². The Balaban J connectivity index is 1.53. The van der Waals surface area contributed by atoms with Gasteiger partial charge in [-0.25, -0.2) is 0 Å². The van der Waals surface area contributed by atoms with Gasteiger partial charge in [0, 0.05) is 38.3 Å². The van der Waals surface area contributed by atoms with Gasteiger partial charge in [0.15, 0.2) is 0 Å². The molecule has 0 aromatic heterocycles. The summed E-state index contributed by atoms with van der Waals surface area (Å²) in [5.74, 6) is 0.856. The number of carbonyl (C=O) groups excluding carboxylic acids is 1. The minimum atomic E-state index is 0.120. The average molecular weight is 373 g/mol. The molecule has 2 aliphatic rings. The summed E-state index contributed by atoms with van der Waals surface area (Å²) < 4.78 is 5.36. The molecule has 0 bridgehead atoms. The third-order valence-corrected chi connectivity index (χ3v) is 6.22. The fourth-order valence-electron chi connectivity index (χ4n) is 4.53. The van der Waals surface area contributed by atoms with Crippen LogP contribution in [0.25, 0.3) is 0 Å². The number of methoxy groups -OCH3 is 1. The SMILES string of the molecule is COCC1CCCN(C2CCN(C(=O)c3ccc(C(C)(C)C)cc3)CC2)C1. The predicted octanol–water partition coefficient (Wildman–Crippen LogP) is 3.95. The Hall–Kier alpha value is -1.39. The highest BCUT2D eigenvalue weighted by molar-refractivity contribution is 5.94. The van der Waals surface area contributed by atoms with Gasteiger partial charge in [0.2, 0.25) is 0 Å². The normalized spacial score (nSPS) is 22.8. The van der Waals surface area contributed by atoms with Gasteiger partial charge in [0.05, 0.1) is 6.61 Å². The highest BCUT2D eigenvalue weighted by Crippen LogP contribution is 2.26. The number of hydrogen-bond donors (Lipinski definition) is 0. The Morgan fingerprint density at radius 3 is 2.33 bits per heavy atom. The van der Waals surface area contributed by atoms with Gasteiger partial charge in [-0.2, -0.15) is 0 Å². The summed E-state index contributed by atoms with van der Waals surface area (Å²) in [6.45, 7) is 11.6. The van der Waals surface area contributed by atoms with Crippen LogP contribution >= 0.6 is 0 Å². The largest absolute Gasteiger partial charge is 0.384 e. The predicted molar refractivity (Wildman–Crippen MR) is 110 cm³/mol. The van der Waals surface area contributed by atoms with Crippen molar-refractivity contribution in [1.29, 1.82) is 0 Å². The number of ether oxygens (including phenoxy) is 1. The molecule has 150 valence electrons. The zero-order chi connectivity index (χ0) is 19.4. The third kappa shape index (κ3) is 5.11. The van der Waals surface area contributed by atoms with Crippen LogP contribution in [0.15, 0.2) is 24.3 Å². The fourth-order valence-corrected chi connectivity index (χ4v) is 4.53. The van der Waals surface area contributed by atoms with Crippen molar-refractivity contribution in [3.05, 3.63) is 35.4 Å². The second-order valence-electron chi connectivity index (χ2n) is 9.31. The first-order chi connectivity index (χ1) is 12.9. The molecule has 4 nitrogen and oxygen atoms in total. The van der Waals surface area contributed by atoms with Crippen molar-refractivity contribution in [2.45, 2.75) is 57.9 Å². The molecule has 4 heteroatoms. The third-order valence-electron chi connectivity index (χ3n) is 6.22. The zero-order valence-corrected chi connectivity index (χ0v) is 17.5. The van der Waals surface area contributed by atoms with Crippen LogP contribution in [-0.2, 0) is 10.2 Å². The standard InChI is InChI=1S/C23H36N2O2/c1-23(2,3)20-9-7-19(8-10-20)22(26)24-14-11-21(12-15-24)25-13-5-6-18(16-25)17-27-4/h7-10,18,21H,5-6,11-17H2,1-4H3. The van der Waals surface area contributed by atoms with Crippen LogP contribution in [0, 0.1) is 5.92 Å². The van der Waals surface area contributed by atoms with Gasteiger partial charge >= 0.3 is 0 Å². The Kier molecular flexibility index (Phi) is 6.59. The van der Waals surface area contributed by atoms with Crippen LogP contribution < -0.4 is 0 Å². The van der Waals surface area contributed by atoms with Crippen molar-refractivity contribution in [3.63, 3.8) is 0 Å². The molecular weight excluding hydrogens is 336 g/mol. The lowest BCUT2D eigenvalue weighted by molar-refractivity contribution is 0.0390. The first-order valence-corrected chi connectivity index (χ1v) is 10.5. The van der Waals surface area contributed by atoms with E-state index >= 15 is 0 Å². The van der Waals surface area contributed by atoms with E-state index in [1.165, 1.54) is 24.9 Å². The van der Waals surface area contributed by atoms with Gasteiger partial charge in [-0.05, 0) is 61.3 Å². The molecule has 1 unspecified atom stereocenters. The van der Waals surface area contributed by atoms with Crippen LogP contribution in [0.1, 0.15) is 62.4 Å². The molecule has 1 aromatic carbocycles. The Labute approximate surface area is 164 Å². The first kappa shape index (κ1) is 20.3. The van der Waals surface area contributed by atoms with E-state index in [0.717, 1.165) is 44.6 Å². The number of piperidine rings is 2. The molecule has 0 radical (unpaired) electrons. The number of benzene rings is 1. The lowest BCUT2D eigenvalue weighted by atomic mass is 9.86. The quantitative estimate of drug-likeness (QED) is 0.802. The van der Waals surface area contributed by atoms with Crippen LogP contribution in [0.3, 0.4) is 0 Å². The highest BCUT2D eigenvalue weighted by Gasteiger charge is 2.30. The average Bonchev–Trinajstić information content (AvgIpc) is 2.67. The van der Waals surface area contributed by atoms with Crippen molar-refractivity contribution in [2.24, 2.45) is 5.92 Å². The van der Waals surface area contributed by atoms with Gasteiger partial charge in [0.25, 0.3) is 5.91 Å². The van der Waals surface area contributed by atoms with Crippen molar-refractivity contribution in [1.82, 2.24) is 9.80 Å². The number of amides is 1. The van der Waals surface area contributed by atoms with Crippen molar-refractivity contribution >= 4 is 5.91 Å². The van der Waals surface area contributed by atoms with Crippen molar-refractivity contribution in [3.8, 4) is 0 Å². The molecule has 1 amide bonds. The molecule has 1 aromatic rings. The highest BCUT2D eigenvalue weighted by atomic mass is 16.5. The number of likely N-dealkylation sites (tertiary alicyclic amines) is 2. The second-order valence-corrected chi connectivity index (χ2v) is 9.31. The Bertz CT molecular complexity index is 610. The monoisotopic (exact) mass is 372 g/mol. The molecule has 0 spiro atoms. The molecule has 1 atom stereocenters. The van der Waals surface area contributed by atoms with Crippen LogP contribution in [0.5, 0.6) is 0 Å². The summed E-state index contributed by atoms with van der Waals surface area (Å²) in [4.78, 5) is 17.6. The van der Waals surface area contributed by atoms with Gasteiger partial charge < -0.3 is 9.64 Å². The van der Waals surface area contributed by atoms with Crippen LogP contribution in [0.2, 0.25) is 0 Å². The number of nitrogens with zero attached hydrogens (tertiary/aromatic N) is 2. The number of hydrogen-bond acceptors (Lipinski definition) is 3. The van der Waals surface area contributed by atoms with Crippen LogP contribution in [-0.4, -0.2) is 61.6 Å². The second kappa shape index (κ2) is 8.74. The molecule has 2 heterocycles. The molecule has 27 heavy (non-hydrogen) atoms. The molecule has 0 N–H and O–H groups in total. The summed E-state index contributed by atoms with van der Waals surface area (Å²) in [6, 6.07) is 8.81. The lowest BCUT2D eigenvalue weighted by Gasteiger charge is -2.42. The molecule has 0 saturated carbocycles. The van der Waals surface area contributed by atoms with E-state index in [-0.39, 0.29) is 11.3 Å². The van der Waals surface area contributed by atoms with Crippen LogP contribution in [0.4, 0.5) is 0 Å². The maximum absolute atomic E-state index is 12.9. The number of carbonyl (C=O) groups is 1. The van der Waals surface area contributed by atoms with Crippen molar-refractivity contribution < 1.29 is 9.53 Å². The Morgan fingerprint density at radius 1 is 1.07 bits per heavy atom. The molecule has 2 aliphatic heterocycles. The summed E-state index contributed by atoms with van der Waals surface area (Å²) in [5, 5.41) is 0. The van der Waals surface area contributed by atoms with E-state index < -0.39 is 0 Å². The molecular formula is C23H36N2O2. The maximum Gasteiger partial charge on any atom is 0.253 e.